The van der Waals surface area contributed by atoms with E-state index in [9.17, 15) is 9.59 Å². The minimum atomic E-state index is -1.08. The number of hydrogen-bond donors (Lipinski definition) is 1. The largest absolute Gasteiger partial charge is 0.493 e. The van der Waals surface area contributed by atoms with Crippen molar-refractivity contribution in [3.63, 3.8) is 0 Å². The first-order chi connectivity index (χ1) is 10.5. The number of carboxylic acid groups (broad SMARTS) is 1. The second-order valence-electron chi connectivity index (χ2n) is 4.10. The van der Waals surface area contributed by atoms with E-state index in [1.807, 2.05) is 0 Å². The molecule has 1 fully saturated rings. The van der Waals surface area contributed by atoms with Crippen molar-refractivity contribution in [1.82, 2.24) is 5.01 Å². The van der Waals surface area contributed by atoms with E-state index in [1.165, 1.54) is 30.1 Å². The van der Waals surface area contributed by atoms with Gasteiger partial charge in [-0.05, 0) is 23.8 Å². The van der Waals surface area contributed by atoms with Crippen LogP contribution < -0.4 is 9.47 Å². The van der Waals surface area contributed by atoms with Crippen molar-refractivity contribution >= 4 is 46.4 Å². The van der Waals surface area contributed by atoms with Gasteiger partial charge in [0.15, 0.2) is 22.4 Å². The first kappa shape index (κ1) is 16.2. The number of nitrogens with zero attached hydrogens (tertiary/aromatic N) is 2. The van der Waals surface area contributed by atoms with Gasteiger partial charge in [0.2, 0.25) is 0 Å². The summed E-state index contributed by atoms with van der Waals surface area (Å²) in [6.45, 7) is -0.461. The van der Waals surface area contributed by atoms with E-state index in [4.69, 9.17) is 26.8 Å². The highest BCUT2D eigenvalue weighted by molar-refractivity contribution is 8.23. The van der Waals surface area contributed by atoms with Crippen LogP contribution in [0, 0.1) is 0 Å². The van der Waals surface area contributed by atoms with Gasteiger partial charge < -0.3 is 14.6 Å². The fourth-order valence-corrected chi connectivity index (χ4v) is 2.57. The van der Waals surface area contributed by atoms with E-state index >= 15 is 0 Å². The van der Waals surface area contributed by atoms with Gasteiger partial charge in [-0.25, -0.2) is 4.79 Å². The van der Waals surface area contributed by atoms with Gasteiger partial charge in [0, 0.05) is 0 Å². The van der Waals surface area contributed by atoms with Crippen LogP contribution >= 0.6 is 24.0 Å². The van der Waals surface area contributed by atoms with Crippen LogP contribution in [0.3, 0.4) is 0 Å². The number of hydrogen-bond acceptors (Lipinski definition) is 7. The van der Waals surface area contributed by atoms with Crippen LogP contribution in [0.2, 0.25) is 0 Å². The number of hydrazone groups is 1. The van der Waals surface area contributed by atoms with Crippen molar-refractivity contribution in [2.24, 2.45) is 5.10 Å². The Morgan fingerprint density at radius 1 is 1.55 bits per heavy atom. The molecule has 0 unspecified atom stereocenters. The fraction of sp³-hybridized carbons (Fsp3) is 0.231. The average Bonchev–Trinajstić information content (AvgIpc) is 2.82. The zero-order chi connectivity index (χ0) is 16.1. The predicted molar refractivity (Wildman–Crippen MR) is 85.6 cm³/mol. The van der Waals surface area contributed by atoms with Gasteiger partial charge in [-0.15, -0.1) is 0 Å². The number of amides is 1. The Hall–Kier alpha value is -2.13. The molecule has 1 amide bonds. The third-order valence-corrected chi connectivity index (χ3v) is 3.93. The number of thiocarbonyl (C=S) groups is 1. The molecule has 1 aliphatic heterocycles. The van der Waals surface area contributed by atoms with E-state index in [-0.39, 0.29) is 5.91 Å². The molecule has 0 aliphatic carbocycles. The molecule has 1 aliphatic rings. The molecule has 116 valence electrons. The first-order valence-corrected chi connectivity index (χ1v) is 7.47. The maximum Gasteiger partial charge on any atom is 0.341 e. The summed E-state index contributed by atoms with van der Waals surface area (Å²) in [4.78, 5) is 22.0. The Morgan fingerprint density at radius 3 is 2.91 bits per heavy atom. The second kappa shape index (κ2) is 7.23. The second-order valence-corrected chi connectivity index (χ2v) is 5.71. The highest BCUT2D eigenvalue weighted by Gasteiger charge is 2.25. The Balaban J connectivity index is 2.13. The maximum atomic E-state index is 11.5. The van der Waals surface area contributed by atoms with Crippen LogP contribution in [0.1, 0.15) is 5.56 Å². The summed E-state index contributed by atoms with van der Waals surface area (Å²) in [5.74, 6) is -0.271. The molecule has 0 bridgehead atoms. The number of thioether (sulfide) groups is 1. The molecule has 1 aromatic carbocycles. The molecular formula is C13H12N2O5S2. The van der Waals surface area contributed by atoms with Gasteiger partial charge in [0.1, 0.15) is 0 Å². The Labute approximate surface area is 135 Å². The molecule has 2 rings (SSSR count). The molecule has 1 aromatic rings. The topological polar surface area (TPSA) is 88.4 Å². The van der Waals surface area contributed by atoms with Crippen LogP contribution in [0.5, 0.6) is 11.5 Å². The van der Waals surface area contributed by atoms with E-state index in [1.54, 1.807) is 18.2 Å². The Kier molecular flexibility index (Phi) is 5.34. The van der Waals surface area contributed by atoms with Crippen molar-refractivity contribution in [2.45, 2.75) is 0 Å². The Bertz CT molecular complexity index is 631. The molecule has 7 nitrogen and oxygen atoms in total. The molecule has 9 heteroatoms. The molecule has 0 aromatic heterocycles. The number of rotatable bonds is 6. The fourth-order valence-electron chi connectivity index (χ4n) is 1.61. The summed E-state index contributed by atoms with van der Waals surface area (Å²) in [6, 6.07) is 4.86. The monoisotopic (exact) mass is 340 g/mol. The van der Waals surface area contributed by atoms with Gasteiger partial charge in [0.05, 0.1) is 19.1 Å². The van der Waals surface area contributed by atoms with Gasteiger partial charge >= 0.3 is 5.97 Å². The average molecular weight is 340 g/mol. The smallest absolute Gasteiger partial charge is 0.341 e. The molecule has 0 saturated carbocycles. The Morgan fingerprint density at radius 2 is 2.32 bits per heavy atom. The number of carbonyl (C=O) groups excluding carboxylic acids is 1. The number of methoxy groups -OCH3 is 1. The van der Waals surface area contributed by atoms with Crippen LogP contribution in [0.15, 0.2) is 23.3 Å². The third-order valence-electron chi connectivity index (χ3n) is 2.59. The normalized spacial score (nSPS) is 14.7. The molecule has 0 radical (unpaired) electrons. The lowest BCUT2D eigenvalue weighted by molar-refractivity contribution is -0.139. The van der Waals surface area contributed by atoms with Crippen molar-refractivity contribution in [3.05, 3.63) is 23.8 Å². The van der Waals surface area contributed by atoms with Gasteiger partial charge in [-0.3, -0.25) is 4.79 Å². The molecule has 0 atom stereocenters. The van der Waals surface area contributed by atoms with Crippen LogP contribution in [0.25, 0.3) is 0 Å². The lowest BCUT2D eigenvalue weighted by atomic mass is 10.2. The number of carboxylic acids is 1. The zero-order valence-electron chi connectivity index (χ0n) is 11.5. The van der Waals surface area contributed by atoms with Crippen LogP contribution in [-0.4, -0.2) is 52.0 Å². The number of aliphatic carboxylic acids is 1. The quantitative estimate of drug-likeness (QED) is 0.618. The maximum absolute atomic E-state index is 11.5. The van der Waals surface area contributed by atoms with Crippen molar-refractivity contribution < 1.29 is 24.2 Å². The molecule has 0 spiro atoms. The summed E-state index contributed by atoms with van der Waals surface area (Å²) < 4.78 is 10.7. The van der Waals surface area contributed by atoms with Crippen molar-refractivity contribution in [2.75, 3.05) is 19.5 Å². The summed E-state index contributed by atoms with van der Waals surface area (Å²) in [6.07, 6.45) is 1.47. The SMILES string of the molecule is COc1cc(/C=N/N2C(=O)CSC2=S)ccc1OCC(=O)O. The minimum absolute atomic E-state index is 0.167. The first-order valence-electron chi connectivity index (χ1n) is 6.07. The standard InChI is InChI=1S/C13H12N2O5S2/c1-19-10-4-8(2-3-9(10)20-6-12(17)18)5-14-15-11(16)7-22-13(15)21/h2-5H,6-7H2,1H3,(H,17,18)/b14-5+. The zero-order valence-corrected chi connectivity index (χ0v) is 13.1. The van der Waals surface area contributed by atoms with Gasteiger partial charge in [-0.2, -0.15) is 10.1 Å². The summed E-state index contributed by atoms with van der Waals surface area (Å²) >= 11 is 6.28. The molecule has 1 saturated heterocycles. The lowest BCUT2D eigenvalue weighted by Gasteiger charge is -2.10. The minimum Gasteiger partial charge on any atom is -0.493 e. The number of ether oxygens (including phenoxy) is 2. The van der Waals surface area contributed by atoms with E-state index in [2.05, 4.69) is 5.10 Å². The lowest BCUT2D eigenvalue weighted by Crippen LogP contribution is -2.22. The summed E-state index contributed by atoms with van der Waals surface area (Å²) in [5, 5.41) is 13.8. The van der Waals surface area contributed by atoms with Gasteiger partial charge in [0.25, 0.3) is 5.91 Å². The third kappa shape index (κ3) is 3.95. The molecule has 22 heavy (non-hydrogen) atoms. The molecule has 1 heterocycles. The molecule has 1 N–H and O–H groups in total. The van der Waals surface area contributed by atoms with E-state index in [0.717, 1.165) is 0 Å². The summed E-state index contributed by atoms with van der Waals surface area (Å²) in [5.41, 5.74) is 0.659. The van der Waals surface area contributed by atoms with Crippen LogP contribution in [0.4, 0.5) is 0 Å². The van der Waals surface area contributed by atoms with E-state index < -0.39 is 12.6 Å². The summed E-state index contributed by atoms with van der Waals surface area (Å²) in [7, 11) is 1.44. The highest BCUT2D eigenvalue weighted by Crippen LogP contribution is 2.27. The van der Waals surface area contributed by atoms with E-state index in [0.29, 0.717) is 27.1 Å². The highest BCUT2D eigenvalue weighted by atomic mass is 32.2. The predicted octanol–water partition coefficient (Wildman–Crippen LogP) is 1.35. The molecular weight excluding hydrogens is 328 g/mol. The number of benzene rings is 1. The van der Waals surface area contributed by atoms with Gasteiger partial charge in [-0.1, -0.05) is 24.0 Å². The van der Waals surface area contributed by atoms with Crippen molar-refractivity contribution in [1.29, 1.82) is 0 Å². The number of carbonyl (C=O) groups is 2. The van der Waals surface area contributed by atoms with Crippen molar-refractivity contribution in [3.8, 4) is 11.5 Å². The van der Waals surface area contributed by atoms with Crippen LogP contribution in [-0.2, 0) is 9.59 Å².